The summed E-state index contributed by atoms with van der Waals surface area (Å²) in [6, 6.07) is 13.0. The molecule has 7 heteroatoms. The number of hydrogen-bond donors (Lipinski definition) is 0. The molecule has 0 amide bonds. The third kappa shape index (κ3) is 5.31. The summed E-state index contributed by atoms with van der Waals surface area (Å²) >= 11 is 0. The SMILES string of the molecule is CC(C)N1CCCC(Cn2c(-c3ccc(OC(F)F)cc3)nc3ccc(C4CCCC4)cc3c2=O)C1. The molecule has 3 aromatic rings. The lowest BCUT2D eigenvalue weighted by atomic mass is 9.95. The predicted molar refractivity (Wildman–Crippen MR) is 139 cm³/mol. The van der Waals surface area contributed by atoms with Gasteiger partial charge >= 0.3 is 6.61 Å². The highest BCUT2D eigenvalue weighted by atomic mass is 19.3. The summed E-state index contributed by atoms with van der Waals surface area (Å²) in [6.07, 6.45) is 7.00. The maximum absolute atomic E-state index is 14.0. The van der Waals surface area contributed by atoms with Gasteiger partial charge in [0.2, 0.25) is 0 Å². The zero-order valence-corrected chi connectivity index (χ0v) is 21.1. The number of benzene rings is 2. The summed E-state index contributed by atoms with van der Waals surface area (Å²) in [6.45, 7) is 4.17. The Morgan fingerprint density at radius 2 is 1.78 bits per heavy atom. The lowest BCUT2D eigenvalue weighted by Crippen LogP contribution is -2.42. The van der Waals surface area contributed by atoms with Gasteiger partial charge < -0.3 is 9.64 Å². The van der Waals surface area contributed by atoms with Crippen molar-refractivity contribution in [1.82, 2.24) is 14.5 Å². The first-order chi connectivity index (χ1) is 17.4. The molecule has 0 N–H and O–H groups in total. The summed E-state index contributed by atoms with van der Waals surface area (Å²) in [5, 5.41) is 0.664. The topological polar surface area (TPSA) is 47.4 Å². The van der Waals surface area contributed by atoms with Gasteiger partial charge in [-0.25, -0.2) is 4.98 Å². The number of fused-ring (bicyclic) bond motifs is 1. The molecule has 1 aliphatic carbocycles. The molecule has 2 aromatic carbocycles. The largest absolute Gasteiger partial charge is 0.435 e. The average molecular weight is 496 g/mol. The van der Waals surface area contributed by atoms with Gasteiger partial charge in [-0.2, -0.15) is 8.78 Å². The Balaban J connectivity index is 1.57. The smallest absolute Gasteiger partial charge is 0.387 e. The Morgan fingerprint density at radius 3 is 2.47 bits per heavy atom. The molecule has 5 nitrogen and oxygen atoms in total. The molecule has 1 saturated carbocycles. The third-order valence-electron chi connectivity index (χ3n) is 7.86. The van der Waals surface area contributed by atoms with E-state index < -0.39 is 6.61 Å². The van der Waals surface area contributed by atoms with Crippen LogP contribution < -0.4 is 10.3 Å². The van der Waals surface area contributed by atoms with E-state index in [2.05, 4.69) is 35.6 Å². The highest BCUT2D eigenvalue weighted by Gasteiger charge is 2.25. The molecule has 5 rings (SSSR count). The van der Waals surface area contributed by atoms with E-state index in [9.17, 15) is 13.6 Å². The molecule has 1 aliphatic heterocycles. The monoisotopic (exact) mass is 495 g/mol. The van der Waals surface area contributed by atoms with Gasteiger partial charge in [-0.05, 0) is 99.9 Å². The minimum absolute atomic E-state index is 0.0237. The fourth-order valence-corrected chi connectivity index (χ4v) is 5.90. The predicted octanol–water partition coefficient (Wildman–Crippen LogP) is 6.44. The Hall–Kier alpha value is -2.80. The van der Waals surface area contributed by atoms with Crippen molar-refractivity contribution in [1.29, 1.82) is 0 Å². The minimum atomic E-state index is -2.88. The van der Waals surface area contributed by atoms with Crippen molar-refractivity contribution in [2.75, 3.05) is 13.1 Å². The molecular formula is C29H35F2N3O2. The van der Waals surface area contributed by atoms with E-state index in [0.29, 0.717) is 46.7 Å². The number of ether oxygens (including phenoxy) is 1. The molecule has 0 radical (unpaired) electrons. The lowest BCUT2D eigenvalue weighted by Gasteiger charge is -2.35. The van der Waals surface area contributed by atoms with Gasteiger partial charge in [0.25, 0.3) is 5.56 Å². The normalized spacial score (nSPS) is 19.6. The second-order valence-corrected chi connectivity index (χ2v) is 10.6. The molecule has 2 heterocycles. The quantitative estimate of drug-likeness (QED) is 0.378. The van der Waals surface area contributed by atoms with E-state index in [1.807, 2.05) is 10.6 Å². The number of rotatable bonds is 7. The maximum Gasteiger partial charge on any atom is 0.387 e. The molecule has 36 heavy (non-hydrogen) atoms. The summed E-state index contributed by atoms with van der Waals surface area (Å²) in [4.78, 5) is 21.4. The second kappa shape index (κ2) is 10.7. The molecule has 0 bridgehead atoms. The standard InChI is InChI=1S/C29H35F2N3O2/c1-19(2)33-15-5-6-20(17-33)18-34-27(22-9-12-24(13-10-22)36-29(30)31)32-26-14-11-23(16-25(26)28(34)35)21-7-3-4-8-21/h9-14,16,19-21,29H,3-8,15,17-18H2,1-2H3. The van der Waals surface area contributed by atoms with Crippen molar-refractivity contribution in [3.8, 4) is 17.1 Å². The van der Waals surface area contributed by atoms with Gasteiger partial charge in [-0.1, -0.05) is 18.9 Å². The first-order valence-corrected chi connectivity index (χ1v) is 13.2. The van der Waals surface area contributed by atoms with Crippen LogP contribution in [-0.4, -0.2) is 40.2 Å². The Kier molecular flexibility index (Phi) is 7.37. The van der Waals surface area contributed by atoms with Gasteiger partial charge in [0.15, 0.2) is 0 Å². The van der Waals surface area contributed by atoms with Gasteiger partial charge in [0.05, 0.1) is 10.9 Å². The summed E-state index contributed by atoms with van der Waals surface area (Å²) < 4.78 is 31.6. The maximum atomic E-state index is 14.0. The van der Waals surface area contributed by atoms with Crippen LogP contribution in [0.1, 0.15) is 63.9 Å². The summed E-state index contributed by atoms with van der Waals surface area (Å²) in [5.41, 5.74) is 2.60. The second-order valence-electron chi connectivity index (χ2n) is 10.6. The summed E-state index contributed by atoms with van der Waals surface area (Å²) in [5.74, 6) is 1.52. The highest BCUT2D eigenvalue weighted by Crippen LogP contribution is 2.35. The van der Waals surface area contributed by atoms with Gasteiger partial charge in [-0.3, -0.25) is 9.36 Å². The van der Waals surface area contributed by atoms with Crippen LogP contribution in [0.15, 0.2) is 47.3 Å². The number of alkyl halides is 2. The first-order valence-electron chi connectivity index (χ1n) is 13.2. The van der Waals surface area contributed by atoms with E-state index in [1.165, 1.54) is 43.4 Å². The average Bonchev–Trinajstić information content (AvgIpc) is 3.41. The highest BCUT2D eigenvalue weighted by molar-refractivity contribution is 5.80. The lowest BCUT2D eigenvalue weighted by molar-refractivity contribution is -0.0498. The molecule has 2 aliphatic rings. The van der Waals surface area contributed by atoms with Crippen molar-refractivity contribution >= 4 is 10.9 Å². The number of likely N-dealkylation sites (tertiary alicyclic amines) is 1. The molecule has 0 spiro atoms. The van der Waals surface area contributed by atoms with Gasteiger partial charge in [0.1, 0.15) is 11.6 Å². The number of piperidine rings is 1. The fraction of sp³-hybridized carbons (Fsp3) is 0.517. The van der Waals surface area contributed by atoms with Crippen molar-refractivity contribution < 1.29 is 13.5 Å². The molecule has 2 fully saturated rings. The molecule has 1 unspecified atom stereocenters. The van der Waals surface area contributed by atoms with E-state index in [0.717, 1.165) is 25.9 Å². The Morgan fingerprint density at radius 1 is 1.03 bits per heavy atom. The van der Waals surface area contributed by atoms with E-state index >= 15 is 0 Å². The molecule has 192 valence electrons. The van der Waals surface area contributed by atoms with Crippen LogP contribution in [0.4, 0.5) is 8.78 Å². The van der Waals surface area contributed by atoms with Crippen molar-refractivity contribution in [3.05, 3.63) is 58.4 Å². The first kappa shape index (κ1) is 24.9. The Labute approximate surface area is 211 Å². The van der Waals surface area contributed by atoms with Crippen LogP contribution in [0.25, 0.3) is 22.3 Å². The van der Waals surface area contributed by atoms with Gasteiger partial charge in [0, 0.05) is 24.7 Å². The number of hydrogen-bond acceptors (Lipinski definition) is 4. The minimum Gasteiger partial charge on any atom is -0.435 e. The van der Waals surface area contributed by atoms with Crippen molar-refractivity contribution in [2.45, 2.75) is 77.5 Å². The number of aromatic nitrogens is 2. The van der Waals surface area contributed by atoms with Crippen molar-refractivity contribution in [3.63, 3.8) is 0 Å². The summed E-state index contributed by atoms with van der Waals surface area (Å²) in [7, 11) is 0. The Bertz CT molecular complexity index is 1250. The van der Waals surface area contributed by atoms with Crippen molar-refractivity contribution in [2.24, 2.45) is 5.92 Å². The number of halogens is 2. The molecule has 1 atom stereocenters. The van der Waals surface area contributed by atoms with E-state index in [-0.39, 0.29) is 11.3 Å². The van der Waals surface area contributed by atoms with E-state index in [4.69, 9.17) is 4.98 Å². The van der Waals surface area contributed by atoms with Crippen LogP contribution in [-0.2, 0) is 6.54 Å². The molecular weight excluding hydrogens is 460 g/mol. The fourth-order valence-electron chi connectivity index (χ4n) is 5.90. The molecule has 1 aromatic heterocycles. The zero-order chi connectivity index (χ0) is 25.2. The van der Waals surface area contributed by atoms with Gasteiger partial charge in [-0.15, -0.1) is 0 Å². The molecule has 1 saturated heterocycles. The third-order valence-corrected chi connectivity index (χ3v) is 7.86. The van der Waals surface area contributed by atoms with Crippen LogP contribution in [0.2, 0.25) is 0 Å². The van der Waals surface area contributed by atoms with Crippen LogP contribution in [0.3, 0.4) is 0 Å². The van der Waals surface area contributed by atoms with Crippen LogP contribution in [0, 0.1) is 5.92 Å². The zero-order valence-electron chi connectivity index (χ0n) is 21.1. The number of nitrogens with zero attached hydrogens (tertiary/aromatic N) is 3. The van der Waals surface area contributed by atoms with Crippen LogP contribution >= 0.6 is 0 Å². The van der Waals surface area contributed by atoms with Crippen LogP contribution in [0.5, 0.6) is 5.75 Å². The van der Waals surface area contributed by atoms with E-state index in [1.54, 1.807) is 12.1 Å².